The highest BCUT2D eigenvalue weighted by Crippen LogP contribution is 2.39. The highest BCUT2D eigenvalue weighted by atomic mass is 19.1. The summed E-state index contributed by atoms with van der Waals surface area (Å²) in [5, 5.41) is 2.85. The molecule has 0 radical (unpaired) electrons. The number of carbonyl (C=O) groups is 1. The molecule has 0 spiro atoms. The highest BCUT2D eigenvalue weighted by Gasteiger charge is 2.39. The van der Waals surface area contributed by atoms with Crippen molar-refractivity contribution >= 4 is 6.09 Å². The van der Waals surface area contributed by atoms with E-state index in [-0.39, 0.29) is 5.82 Å². The van der Waals surface area contributed by atoms with E-state index in [9.17, 15) is 9.18 Å². The van der Waals surface area contributed by atoms with E-state index in [2.05, 4.69) is 5.32 Å². The molecule has 1 amide bonds. The van der Waals surface area contributed by atoms with Crippen LogP contribution >= 0.6 is 0 Å². The van der Waals surface area contributed by atoms with Crippen LogP contribution < -0.4 is 5.32 Å². The van der Waals surface area contributed by atoms with E-state index in [1.807, 2.05) is 0 Å². The lowest BCUT2D eigenvalue weighted by molar-refractivity contribution is 0.137. The van der Waals surface area contributed by atoms with Crippen molar-refractivity contribution in [1.29, 1.82) is 0 Å². The zero-order chi connectivity index (χ0) is 13.0. The number of rotatable bonds is 3. The van der Waals surface area contributed by atoms with Crippen LogP contribution in [0.15, 0.2) is 24.3 Å². The molecule has 18 heavy (non-hydrogen) atoms. The molecule has 1 N–H and O–H groups in total. The number of halogens is 1. The number of alkyl carbamates (subject to hydrolysis) is 1. The molecule has 0 bridgehead atoms. The minimum absolute atomic E-state index is 0.267. The van der Waals surface area contributed by atoms with Gasteiger partial charge in [0.1, 0.15) is 5.82 Å². The predicted molar refractivity (Wildman–Crippen MR) is 66.7 cm³/mol. The molecule has 4 heteroatoms. The highest BCUT2D eigenvalue weighted by molar-refractivity contribution is 5.68. The minimum Gasteiger partial charge on any atom is -0.450 e. The smallest absolute Gasteiger partial charge is 0.407 e. The topological polar surface area (TPSA) is 38.3 Å². The van der Waals surface area contributed by atoms with Gasteiger partial charge < -0.3 is 10.1 Å². The van der Waals surface area contributed by atoms with Crippen molar-refractivity contribution in [3.05, 3.63) is 35.6 Å². The van der Waals surface area contributed by atoms with Crippen LogP contribution in [0.25, 0.3) is 0 Å². The van der Waals surface area contributed by atoms with Crippen LogP contribution in [0.5, 0.6) is 0 Å². The molecule has 1 aromatic rings. The monoisotopic (exact) mass is 251 g/mol. The number of ether oxygens (including phenoxy) is 1. The third-order valence-corrected chi connectivity index (χ3v) is 3.46. The molecule has 0 heterocycles. The lowest BCUT2D eigenvalue weighted by Gasteiger charge is -2.30. The van der Waals surface area contributed by atoms with Gasteiger partial charge in [0.15, 0.2) is 0 Å². The van der Waals surface area contributed by atoms with Gasteiger partial charge in [-0.2, -0.15) is 0 Å². The maximum absolute atomic E-state index is 13.9. The summed E-state index contributed by atoms with van der Waals surface area (Å²) in [6.45, 7) is 2.07. The third-order valence-electron chi connectivity index (χ3n) is 3.46. The van der Waals surface area contributed by atoms with Gasteiger partial charge in [-0.15, -0.1) is 0 Å². The lowest BCUT2D eigenvalue weighted by Crippen LogP contribution is -2.44. The average Bonchev–Trinajstić information content (AvgIpc) is 2.79. The van der Waals surface area contributed by atoms with Gasteiger partial charge in [0.2, 0.25) is 0 Å². The standard InChI is InChI=1S/C14H18FNO2/c1-2-18-13(17)16-14(9-5-6-10-14)11-7-3-4-8-12(11)15/h3-4,7-8H,2,5-6,9-10H2,1H3,(H,16,17). The summed E-state index contributed by atoms with van der Waals surface area (Å²) in [6.07, 6.45) is 3.02. The van der Waals surface area contributed by atoms with E-state index >= 15 is 0 Å². The summed E-state index contributed by atoms with van der Waals surface area (Å²) >= 11 is 0. The SMILES string of the molecule is CCOC(=O)NC1(c2ccccc2F)CCCC1. The van der Waals surface area contributed by atoms with Gasteiger partial charge in [0.05, 0.1) is 12.1 Å². The molecule has 0 atom stereocenters. The minimum atomic E-state index is -0.600. The zero-order valence-electron chi connectivity index (χ0n) is 10.5. The Labute approximate surface area is 106 Å². The van der Waals surface area contributed by atoms with E-state index in [4.69, 9.17) is 4.74 Å². The Morgan fingerprint density at radius 1 is 1.39 bits per heavy atom. The summed E-state index contributed by atoms with van der Waals surface area (Å²) in [4.78, 5) is 11.6. The first-order valence-electron chi connectivity index (χ1n) is 6.38. The summed E-state index contributed by atoms with van der Waals surface area (Å²) in [7, 11) is 0. The molecule has 2 rings (SSSR count). The fourth-order valence-corrected chi connectivity index (χ4v) is 2.65. The summed E-state index contributed by atoms with van der Waals surface area (Å²) in [5.74, 6) is -0.267. The van der Waals surface area contributed by atoms with Gasteiger partial charge in [-0.25, -0.2) is 9.18 Å². The van der Waals surface area contributed by atoms with Gasteiger partial charge in [-0.05, 0) is 25.8 Å². The first-order chi connectivity index (χ1) is 8.68. The molecule has 1 saturated carbocycles. The van der Waals surface area contributed by atoms with Crippen LogP contribution in [0.4, 0.5) is 9.18 Å². The Morgan fingerprint density at radius 3 is 2.67 bits per heavy atom. The Morgan fingerprint density at radius 2 is 2.06 bits per heavy atom. The Bertz CT molecular complexity index is 428. The first-order valence-corrected chi connectivity index (χ1v) is 6.38. The molecule has 3 nitrogen and oxygen atoms in total. The largest absolute Gasteiger partial charge is 0.450 e. The van der Waals surface area contributed by atoms with Crippen LogP contribution in [0.3, 0.4) is 0 Å². The average molecular weight is 251 g/mol. The van der Waals surface area contributed by atoms with Crippen molar-refractivity contribution in [1.82, 2.24) is 5.32 Å². The van der Waals surface area contributed by atoms with Crippen LogP contribution in [0, 0.1) is 5.82 Å². The number of carbonyl (C=O) groups excluding carboxylic acids is 1. The Hall–Kier alpha value is -1.58. The van der Waals surface area contributed by atoms with E-state index in [1.54, 1.807) is 25.1 Å². The second kappa shape index (κ2) is 5.38. The normalized spacial score (nSPS) is 17.4. The van der Waals surface area contributed by atoms with Crippen molar-refractivity contribution in [2.75, 3.05) is 6.61 Å². The quantitative estimate of drug-likeness (QED) is 0.894. The summed E-state index contributed by atoms with van der Waals surface area (Å²) in [6, 6.07) is 6.63. The number of hydrogen-bond acceptors (Lipinski definition) is 2. The second-order valence-electron chi connectivity index (χ2n) is 4.61. The number of benzene rings is 1. The fourth-order valence-electron chi connectivity index (χ4n) is 2.65. The van der Waals surface area contributed by atoms with Gasteiger partial charge in [0.25, 0.3) is 0 Å². The molecule has 1 aliphatic rings. The lowest BCUT2D eigenvalue weighted by atomic mass is 9.88. The molecule has 1 aliphatic carbocycles. The van der Waals surface area contributed by atoms with Gasteiger partial charge in [-0.1, -0.05) is 31.0 Å². The third kappa shape index (κ3) is 2.47. The van der Waals surface area contributed by atoms with Gasteiger partial charge >= 0.3 is 6.09 Å². The van der Waals surface area contributed by atoms with Crippen molar-refractivity contribution in [2.45, 2.75) is 38.1 Å². The molecule has 1 fully saturated rings. The van der Waals surface area contributed by atoms with Crippen molar-refractivity contribution in [3.8, 4) is 0 Å². The van der Waals surface area contributed by atoms with Crippen molar-refractivity contribution < 1.29 is 13.9 Å². The number of hydrogen-bond donors (Lipinski definition) is 1. The fraction of sp³-hybridized carbons (Fsp3) is 0.500. The van der Waals surface area contributed by atoms with E-state index in [0.29, 0.717) is 12.2 Å². The number of nitrogens with one attached hydrogen (secondary N) is 1. The van der Waals surface area contributed by atoms with Crippen LogP contribution in [0.1, 0.15) is 38.2 Å². The van der Waals surface area contributed by atoms with E-state index < -0.39 is 11.6 Å². The molecule has 1 aromatic carbocycles. The van der Waals surface area contributed by atoms with Crippen LogP contribution in [-0.4, -0.2) is 12.7 Å². The molecule has 0 aromatic heterocycles. The Kier molecular flexibility index (Phi) is 3.84. The van der Waals surface area contributed by atoms with Gasteiger partial charge in [-0.3, -0.25) is 0 Å². The molecule has 98 valence electrons. The molecule has 0 unspecified atom stereocenters. The van der Waals surface area contributed by atoms with Crippen LogP contribution in [-0.2, 0) is 10.3 Å². The number of amides is 1. The summed E-state index contributed by atoms with van der Waals surface area (Å²) in [5.41, 5.74) is -0.0343. The van der Waals surface area contributed by atoms with Gasteiger partial charge in [0, 0.05) is 5.56 Å². The maximum atomic E-state index is 13.9. The molecular weight excluding hydrogens is 233 g/mol. The molecule has 0 aliphatic heterocycles. The predicted octanol–water partition coefficient (Wildman–Crippen LogP) is 3.34. The maximum Gasteiger partial charge on any atom is 0.407 e. The van der Waals surface area contributed by atoms with Crippen molar-refractivity contribution in [2.24, 2.45) is 0 Å². The van der Waals surface area contributed by atoms with E-state index in [0.717, 1.165) is 25.7 Å². The van der Waals surface area contributed by atoms with Crippen molar-refractivity contribution in [3.63, 3.8) is 0 Å². The second-order valence-corrected chi connectivity index (χ2v) is 4.61. The first kappa shape index (κ1) is 12.9. The van der Waals surface area contributed by atoms with E-state index in [1.165, 1.54) is 6.07 Å². The zero-order valence-corrected chi connectivity index (χ0v) is 10.5. The Balaban J connectivity index is 2.27. The molecule has 0 saturated heterocycles. The summed E-state index contributed by atoms with van der Waals surface area (Å²) < 4.78 is 18.8. The molecular formula is C14H18FNO2. The van der Waals surface area contributed by atoms with Crippen LogP contribution in [0.2, 0.25) is 0 Å².